The molecular weight excluding hydrogens is 180 g/mol. The molecule has 14 heavy (non-hydrogen) atoms. The summed E-state index contributed by atoms with van der Waals surface area (Å²) in [5.41, 5.74) is 0. The van der Waals surface area contributed by atoms with Gasteiger partial charge in [-0.1, -0.05) is 18.2 Å². The molecule has 0 aromatic rings. The van der Waals surface area contributed by atoms with Crippen LogP contribution in [0.4, 0.5) is 0 Å². The van der Waals surface area contributed by atoms with Gasteiger partial charge in [0.15, 0.2) is 0 Å². The summed E-state index contributed by atoms with van der Waals surface area (Å²) in [4.78, 5) is 22.4. The van der Waals surface area contributed by atoms with Crippen molar-refractivity contribution in [2.75, 3.05) is 0 Å². The molecular formula is C11H12O3. The van der Waals surface area contributed by atoms with Gasteiger partial charge in [-0.05, 0) is 18.8 Å². The number of hydrogen-bond acceptors (Lipinski definition) is 3. The van der Waals surface area contributed by atoms with Crippen LogP contribution in [0.15, 0.2) is 24.8 Å². The molecule has 0 aromatic carbocycles. The Morgan fingerprint density at radius 1 is 1.43 bits per heavy atom. The first-order chi connectivity index (χ1) is 6.72. The van der Waals surface area contributed by atoms with Gasteiger partial charge in [-0.2, -0.15) is 0 Å². The van der Waals surface area contributed by atoms with Crippen LogP contribution < -0.4 is 0 Å². The molecule has 3 heteroatoms. The zero-order chi connectivity index (χ0) is 10.1. The molecule has 2 rings (SSSR count). The van der Waals surface area contributed by atoms with Gasteiger partial charge in [0.25, 0.3) is 0 Å². The van der Waals surface area contributed by atoms with Crippen LogP contribution in [0.3, 0.4) is 0 Å². The fraction of sp³-hybridized carbons (Fsp3) is 0.455. The summed E-state index contributed by atoms with van der Waals surface area (Å²) >= 11 is 0. The summed E-state index contributed by atoms with van der Waals surface area (Å²) in [6.07, 6.45) is 7.18. The van der Waals surface area contributed by atoms with E-state index in [4.69, 9.17) is 0 Å². The maximum atomic E-state index is 11.3. The summed E-state index contributed by atoms with van der Waals surface area (Å²) < 4.78 is 4.58. The Kier molecular flexibility index (Phi) is 2.23. The first kappa shape index (κ1) is 9.19. The van der Waals surface area contributed by atoms with Crippen molar-refractivity contribution in [3.63, 3.8) is 0 Å². The molecule has 3 nitrogen and oxygen atoms in total. The molecule has 0 radical (unpaired) electrons. The molecule has 74 valence electrons. The van der Waals surface area contributed by atoms with Crippen LogP contribution in [0.1, 0.15) is 12.8 Å². The predicted octanol–water partition coefficient (Wildman–Crippen LogP) is 1.45. The average molecular weight is 192 g/mol. The van der Waals surface area contributed by atoms with E-state index in [1.54, 1.807) is 6.08 Å². The average Bonchev–Trinajstić information content (AvgIpc) is 2.43. The van der Waals surface area contributed by atoms with Crippen molar-refractivity contribution >= 4 is 11.9 Å². The number of carbonyl (C=O) groups excluding carboxylic acids is 2. The zero-order valence-corrected chi connectivity index (χ0v) is 7.81. The van der Waals surface area contributed by atoms with Crippen LogP contribution in [0, 0.1) is 17.8 Å². The van der Waals surface area contributed by atoms with E-state index < -0.39 is 5.97 Å². The Bertz CT molecular complexity index is 316. The fourth-order valence-corrected chi connectivity index (χ4v) is 2.08. The van der Waals surface area contributed by atoms with E-state index in [2.05, 4.69) is 11.3 Å². The number of fused-ring (bicyclic) bond motifs is 1. The van der Waals surface area contributed by atoms with E-state index in [9.17, 15) is 9.59 Å². The highest BCUT2D eigenvalue weighted by molar-refractivity contribution is 5.97. The SMILES string of the molecule is C=CCC1C=CC2C(=O)OC(=O)C2C1. The largest absolute Gasteiger partial charge is 0.392 e. The first-order valence-electron chi connectivity index (χ1n) is 4.77. The van der Waals surface area contributed by atoms with Crippen LogP contribution in [-0.4, -0.2) is 11.9 Å². The molecule has 2 aliphatic rings. The van der Waals surface area contributed by atoms with Gasteiger partial charge in [-0.25, -0.2) is 0 Å². The number of esters is 2. The number of allylic oxidation sites excluding steroid dienone is 2. The van der Waals surface area contributed by atoms with Crippen molar-refractivity contribution in [3.05, 3.63) is 24.8 Å². The van der Waals surface area contributed by atoms with Gasteiger partial charge in [-0.3, -0.25) is 9.59 Å². The molecule has 0 N–H and O–H groups in total. The van der Waals surface area contributed by atoms with E-state index >= 15 is 0 Å². The van der Waals surface area contributed by atoms with Crippen LogP contribution in [0.5, 0.6) is 0 Å². The van der Waals surface area contributed by atoms with Crippen molar-refractivity contribution in [3.8, 4) is 0 Å². The topological polar surface area (TPSA) is 43.4 Å². The van der Waals surface area contributed by atoms with Crippen molar-refractivity contribution in [1.29, 1.82) is 0 Å². The summed E-state index contributed by atoms with van der Waals surface area (Å²) in [5.74, 6) is -1.01. The molecule has 0 aromatic heterocycles. The molecule has 1 saturated heterocycles. The smallest absolute Gasteiger partial charge is 0.321 e. The molecule has 0 spiro atoms. The van der Waals surface area contributed by atoms with Gasteiger partial charge < -0.3 is 4.74 Å². The second kappa shape index (κ2) is 3.40. The van der Waals surface area contributed by atoms with Crippen LogP contribution in [0.25, 0.3) is 0 Å². The number of ether oxygens (including phenoxy) is 1. The molecule has 3 atom stereocenters. The second-order valence-electron chi connectivity index (χ2n) is 3.78. The number of hydrogen-bond donors (Lipinski definition) is 0. The summed E-state index contributed by atoms with van der Waals surface area (Å²) in [5, 5.41) is 0. The van der Waals surface area contributed by atoms with Gasteiger partial charge in [0, 0.05) is 0 Å². The molecule has 3 unspecified atom stereocenters. The third kappa shape index (κ3) is 1.39. The van der Waals surface area contributed by atoms with Crippen LogP contribution >= 0.6 is 0 Å². The summed E-state index contributed by atoms with van der Waals surface area (Å²) in [6.45, 7) is 3.66. The van der Waals surface area contributed by atoms with E-state index in [0.29, 0.717) is 12.3 Å². The van der Waals surface area contributed by atoms with Gasteiger partial charge >= 0.3 is 11.9 Å². The maximum absolute atomic E-state index is 11.3. The van der Waals surface area contributed by atoms with Gasteiger partial charge in [0.2, 0.25) is 0 Å². The van der Waals surface area contributed by atoms with Crippen LogP contribution in [-0.2, 0) is 14.3 Å². The Morgan fingerprint density at radius 3 is 2.93 bits per heavy atom. The Balaban J connectivity index is 2.16. The number of cyclic esters (lactones) is 2. The first-order valence-corrected chi connectivity index (χ1v) is 4.77. The highest BCUT2D eigenvalue weighted by atomic mass is 16.6. The lowest BCUT2D eigenvalue weighted by Gasteiger charge is -2.20. The minimum atomic E-state index is -0.395. The van der Waals surface area contributed by atoms with Gasteiger partial charge in [-0.15, -0.1) is 6.58 Å². The molecule has 0 amide bonds. The van der Waals surface area contributed by atoms with E-state index in [1.807, 2.05) is 12.2 Å². The molecule has 1 fully saturated rings. The lowest BCUT2D eigenvalue weighted by molar-refractivity contribution is -0.153. The minimum absolute atomic E-state index is 0.252. The Hall–Kier alpha value is -1.38. The normalized spacial score (nSPS) is 35.3. The lowest BCUT2D eigenvalue weighted by Crippen LogP contribution is -2.22. The quantitative estimate of drug-likeness (QED) is 0.378. The van der Waals surface area contributed by atoms with Gasteiger partial charge in [0.05, 0.1) is 11.8 Å². The van der Waals surface area contributed by atoms with Crippen molar-refractivity contribution in [2.24, 2.45) is 17.8 Å². The molecule has 1 aliphatic heterocycles. The highest BCUT2D eigenvalue weighted by Gasteiger charge is 2.44. The molecule has 0 bridgehead atoms. The third-order valence-corrected chi connectivity index (χ3v) is 2.83. The van der Waals surface area contributed by atoms with Crippen molar-refractivity contribution in [1.82, 2.24) is 0 Å². The number of carbonyl (C=O) groups is 2. The monoisotopic (exact) mass is 192 g/mol. The Labute approximate surface area is 82.4 Å². The van der Waals surface area contributed by atoms with E-state index in [0.717, 1.165) is 6.42 Å². The number of rotatable bonds is 2. The van der Waals surface area contributed by atoms with Crippen molar-refractivity contribution < 1.29 is 14.3 Å². The van der Waals surface area contributed by atoms with E-state index in [1.165, 1.54) is 0 Å². The highest BCUT2D eigenvalue weighted by Crippen LogP contribution is 2.36. The maximum Gasteiger partial charge on any atom is 0.321 e. The molecule has 1 heterocycles. The molecule has 0 saturated carbocycles. The third-order valence-electron chi connectivity index (χ3n) is 2.83. The predicted molar refractivity (Wildman–Crippen MR) is 50.1 cm³/mol. The van der Waals surface area contributed by atoms with Crippen molar-refractivity contribution in [2.45, 2.75) is 12.8 Å². The second-order valence-corrected chi connectivity index (χ2v) is 3.78. The zero-order valence-electron chi connectivity index (χ0n) is 7.81. The minimum Gasteiger partial charge on any atom is -0.392 e. The van der Waals surface area contributed by atoms with Crippen LogP contribution in [0.2, 0.25) is 0 Å². The van der Waals surface area contributed by atoms with E-state index in [-0.39, 0.29) is 17.8 Å². The summed E-state index contributed by atoms with van der Waals surface area (Å²) in [6, 6.07) is 0. The fourth-order valence-electron chi connectivity index (χ4n) is 2.08. The summed E-state index contributed by atoms with van der Waals surface area (Å²) in [7, 11) is 0. The molecule has 1 aliphatic carbocycles. The standard InChI is InChI=1S/C11H12O3/c1-2-3-7-4-5-8-9(6-7)11(13)14-10(8)12/h2,4-5,7-9H,1,3,6H2. The lowest BCUT2D eigenvalue weighted by atomic mass is 9.79. The van der Waals surface area contributed by atoms with Gasteiger partial charge in [0.1, 0.15) is 0 Å². The Morgan fingerprint density at radius 2 is 2.21 bits per heavy atom.